The molecule has 4 nitrogen and oxygen atoms in total. The van der Waals surface area contributed by atoms with Gasteiger partial charge in [-0.25, -0.2) is 0 Å². The van der Waals surface area contributed by atoms with Gasteiger partial charge in [-0.2, -0.15) is 13.2 Å². The van der Waals surface area contributed by atoms with Crippen LogP contribution in [-0.2, 0) is 15.7 Å². The molecule has 1 saturated heterocycles. The Kier molecular flexibility index (Phi) is 4.89. The summed E-state index contributed by atoms with van der Waals surface area (Å²) >= 11 is 0. The maximum Gasteiger partial charge on any atom is 0.416 e. The topological polar surface area (TPSA) is 38.8 Å². The summed E-state index contributed by atoms with van der Waals surface area (Å²) in [5.41, 5.74) is -1.53. The fourth-order valence-electron chi connectivity index (χ4n) is 2.65. The van der Waals surface area contributed by atoms with Crippen LogP contribution in [-0.4, -0.2) is 42.7 Å². The highest BCUT2D eigenvalue weighted by Gasteiger charge is 2.40. The third-order valence-corrected chi connectivity index (χ3v) is 4.08. The standard InChI is InChI=1S/C16H20F3NO3/c1-15(2,14(21)22-3)20-8-7-13(10-20)23-12-6-4-5-11(9-12)16(17,18)19/h4-6,9,13H,7-8,10H2,1-3H3/t13-/m1/s1. The van der Waals surface area contributed by atoms with Crippen LogP contribution in [0.15, 0.2) is 24.3 Å². The van der Waals surface area contributed by atoms with E-state index in [1.165, 1.54) is 19.2 Å². The summed E-state index contributed by atoms with van der Waals surface area (Å²) in [6.07, 6.45) is -4.02. The van der Waals surface area contributed by atoms with Gasteiger partial charge in [-0.1, -0.05) is 6.07 Å². The molecule has 1 aromatic carbocycles. The molecule has 128 valence electrons. The zero-order valence-electron chi connectivity index (χ0n) is 13.3. The molecule has 7 heteroatoms. The second-order valence-electron chi connectivity index (χ2n) is 6.05. The number of alkyl halides is 3. The van der Waals surface area contributed by atoms with Crippen LogP contribution < -0.4 is 4.74 Å². The highest BCUT2D eigenvalue weighted by Crippen LogP contribution is 2.32. The van der Waals surface area contributed by atoms with Crippen molar-refractivity contribution in [2.24, 2.45) is 0 Å². The normalized spacial score (nSPS) is 19.7. The van der Waals surface area contributed by atoms with E-state index >= 15 is 0 Å². The molecule has 0 N–H and O–H groups in total. The molecule has 0 aliphatic carbocycles. The summed E-state index contributed by atoms with van der Waals surface area (Å²) in [5, 5.41) is 0. The summed E-state index contributed by atoms with van der Waals surface area (Å²) in [5.74, 6) is -0.167. The van der Waals surface area contributed by atoms with Crippen LogP contribution >= 0.6 is 0 Å². The van der Waals surface area contributed by atoms with Crippen molar-refractivity contribution in [1.29, 1.82) is 0 Å². The molecule has 0 amide bonds. The maximum absolute atomic E-state index is 12.7. The van der Waals surface area contributed by atoms with Gasteiger partial charge >= 0.3 is 12.1 Å². The maximum atomic E-state index is 12.7. The van der Waals surface area contributed by atoms with E-state index in [-0.39, 0.29) is 17.8 Å². The fraction of sp³-hybridized carbons (Fsp3) is 0.562. The number of carbonyl (C=O) groups is 1. The molecular formula is C16H20F3NO3. The van der Waals surface area contributed by atoms with Crippen molar-refractivity contribution in [3.63, 3.8) is 0 Å². The van der Waals surface area contributed by atoms with Gasteiger partial charge in [0, 0.05) is 13.1 Å². The second kappa shape index (κ2) is 6.39. The van der Waals surface area contributed by atoms with Crippen LogP contribution in [0.5, 0.6) is 5.75 Å². The van der Waals surface area contributed by atoms with Gasteiger partial charge in [0.25, 0.3) is 0 Å². The first-order chi connectivity index (χ1) is 10.6. The first-order valence-electron chi connectivity index (χ1n) is 7.32. The molecule has 1 fully saturated rings. The average molecular weight is 331 g/mol. The van der Waals surface area contributed by atoms with Gasteiger partial charge in [0.1, 0.15) is 17.4 Å². The molecule has 2 rings (SSSR count). The minimum Gasteiger partial charge on any atom is -0.489 e. The van der Waals surface area contributed by atoms with E-state index in [1.54, 1.807) is 13.8 Å². The molecule has 1 aliphatic heterocycles. The number of esters is 1. The summed E-state index contributed by atoms with van der Waals surface area (Å²) in [6.45, 7) is 4.58. The lowest BCUT2D eigenvalue weighted by molar-refractivity contribution is -0.152. The Hall–Kier alpha value is -1.76. The molecule has 23 heavy (non-hydrogen) atoms. The number of ether oxygens (including phenoxy) is 2. The van der Waals surface area contributed by atoms with Crippen molar-refractivity contribution in [2.45, 2.75) is 38.1 Å². The lowest BCUT2D eigenvalue weighted by Gasteiger charge is -2.32. The molecule has 1 aromatic rings. The highest BCUT2D eigenvalue weighted by molar-refractivity contribution is 5.79. The Morgan fingerprint density at radius 1 is 1.30 bits per heavy atom. The first kappa shape index (κ1) is 17.6. The van der Waals surface area contributed by atoms with E-state index in [9.17, 15) is 18.0 Å². The van der Waals surface area contributed by atoms with E-state index in [0.717, 1.165) is 12.1 Å². The van der Waals surface area contributed by atoms with E-state index in [2.05, 4.69) is 0 Å². The van der Waals surface area contributed by atoms with Crippen molar-refractivity contribution < 1.29 is 27.4 Å². The molecule has 0 aromatic heterocycles. The number of methoxy groups -OCH3 is 1. The molecule has 1 heterocycles. The zero-order valence-corrected chi connectivity index (χ0v) is 13.3. The minimum absolute atomic E-state index is 0.183. The van der Waals surface area contributed by atoms with Crippen LogP contribution in [0.2, 0.25) is 0 Å². The van der Waals surface area contributed by atoms with E-state index in [4.69, 9.17) is 9.47 Å². The molecule has 0 unspecified atom stereocenters. The fourth-order valence-corrected chi connectivity index (χ4v) is 2.65. The van der Waals surface area contributed by atoms with E-state index in [0.29, 0.717) is 19.5 Å². The number of nitrogens with zero attached hydrogens (tertiary/aromatic N) is 1. The van der Waals surface area contributed by atoms with Crippen LogP contribution in [0.1, 0.15) is 25.8 Å². The summed E-state index contributed by atoms with van der Waals surface area (Å²) in [4.78, 5) is 13.7. The SMILES string of the molecule is COC(=O)C(C)(C)N1CC[C@@H](Oc2cccc(C(F)(F)F)c2)C1. The van der Waals surface area contributed by atoms with Crippen molar-refractivity contribution >= 4 is 5.97 Å². The van der Waals surface area contributed by atoms with Crippen LogP contribution in [0.25, 0.3) is 0 Å². The molecule has 0 radical (unpaired) electrons. The third-order valence-electron chi connectivity index (χ3n) is 4.08. The molecule has 0 spiro atoms. The lowest BCUT2D eigenvalue weighted by Crippen LogP contribution is -2.50. The number of rotatable bonds is 4. The Morgan fingerprint density at radius 2 is 2.00 bits per heavy atom. The third kappa shape index (κ3) is 3.96. The Labute approximate surface area is 133 Å². The molecule has 1 aliphatic rings. The van der Waals surface area contributed by atoms with Gasteiger partial charge < -0.3 is 9.47 Å². The monoisotopic (exact) mass is 331 g/mol. The quantitative estimate of drug-likeness (QED) is 0.795. The van der Waals surface area contributed by atoms with Gasteiger partial charge in [0.2, 0.25) is 0 Å². The van der Waals surface area contributed by atoms with Crippen LogP contribution in [0, 0.1) is 0 Å². The van der Waals surface area contributed by atoms with Crippen molar-refractivity contribution in [1.82, 2.24) is 4.90 Å². The summed E-state index contributed by atoms with van der Waals surface area (Å²) in [7, 11) is 1.33. The second-order valence-corrected chi connectivity index (χ2v) is 6.05. The Morgan fingerprint density at radius 3 is 2.61 bits per heavy atom. The predicted octanol–water partition coefficient (Wildman–Crippen LogP) is 3.11. The number of halogens is 3. The van der Waals surface area contributed by atoms with E-state index < -0.39 is 17.3 Å². The Bertz CT molecular complexity index is 572. The molecule has 1 atom stereocenters. The highest BCUT2D eigenvalue weighted by atomic mass is 19.4. The van der Waals surface area contributed by atoms with Crippen LogP contribution in [0.4, 0.5) is 13.2 Å². The molecule has 0 saturated carbocycles. The first-order valence-corrected chi connectivity index (χ1v) is 7.32. The van der Waals surface area contributed by atoms with Crippen molar-refractivity contribution in [3.8, 4) is 5.75 Å². The number of carbonyl (C=O) groups excluding carboxylic acids is 1. The van der Waals surface area contributed by atoms with Crippen molar-refractivity contribution in [3.05, 3.63) is 29.8 Å². The Balaban J connectivity index is 2.03. The van der Waals surface area contributed by atoms with E-state index in [1.807, 2.05) is 4.90 Å². The number of hydrogen-bond donors (Lipinski definition) is 0. The van der Waals surface area contributed by atoms with Gasteiger partial charge in [0.15, 0.2) is 0 Å². The summed E-state index contributed by atoms with van der Waals surface area (Å²) in [6, 6.07) is 4.83. The number of hydrogen-bond acceptors (Lipinski definition) is 4. The number of likely N-dealkylation sites (tertiary alicyclic amines) is 1. The van der Waals surface area contributed by atoms with Crippen molar-refractivity contribution in [2.75, 3.05) is 20.2 Å². The summed E-state index contributed by atoms with van der Waals surface area (Å²) < 4.78 is 48.6. The van der Waals surface area contributed by atoms with Gasteiger partial charge in [0.05, 0.1) is 12.7 Å². The molecule has 0 bridgehead atoms. The smallest absolute Gasteiger partial charge is 0.416 e. The predicted molar refractivity (Wildman–Crippen MR) is 78.1 cm³/mol. The van der Waals surface area contributed by atoms with Gasteiger partial charge in [-0.05, 0) is 38.5 Å². The zero-order chi connectivity index (χ0) is 17.3. The van der Waals surface area contributed by atoms with Crippen LogP contribution in [0.3, 0.4) is 0 Å². The van der Waals surface area contributed by atoms with Gasteiger partial charge in [-0.3, -0.25) is 9.69 Å². The lowest BCUT2D eigenvalue weighted by atomic mass is 10.0. The average Bonchev–Trinajstić information content (AvgIpc) is 2.95. The molecular weight excluding hydrogens is 311 g/mol. The van der Waals surface area contributed by atoms with Gasteiger partial charge in [-0.15, -0.1) is 0 Å². The largest absolute Gasteiger partial charge is 0.489 e. The minimum atomic E-state index is -4.39. The number of benzene rings is 1.